The molecule has 0 atom stereocenters. The van der Waals surface area contributed by atoms with Crippen LogP contribution in [0.15, 0.2) is 22.8 Å². The van der Waals surface area contributed by atoms with Crippen LogP contribution in [0.2, 0.25) is 0 Å². The largest absolute Gasteiger partial charge is 0.484 e. The molecule has 0 unspecified atom stereocenters. The molecule has 0 fully saturated rings. The lowest BCUT2D eigenvalue weighted by Gasteiger charge is -2.09. The average Bonchev–Trinajstić information content (AvgIpc) is 2.73. The number of halogens is 1. The van der Waals surface area contributed by atoms with Crippen LogP contribution in [0.25, 0.3) is 0 Å². The van der Waals surface area contributed by atoms with E-state index in [2.05, 4.69) is 14.9 Å². The molecule has 2 aromatic rings. The van der Waals surface area contributed by atoms with Crippen LogP contribution in [0.3, 0.4) is 0 Å². The lowest BCUT2D eigenvalue weighted by molar-refractivity contribution is 0.242. The number of ether oxygens (including phenoxy) is 1. The maximum absolute atomic E-state index is 13.5. The highest BCUT2D eigenvalue weighted by Crippen LogP contribution is 2.23. The zero-order chi connectivity index (χ0) is 12.3. The van der Waals surface area contributed by atoms with Gasteiger partial charge in [-0.25, -0.2) is 9.02 Å². The van der Waals surface area contributed by atoms with Gasteiger partial charge in [0, 0.05) is 5.56 Å². The quantitative estimate of drug-likeness (QED) is 0.875. The Hall–Kier alpha value is -1.95. The molecule has 0 aliphatic heterocycles. The number of hydrogen-bond donors (Lipinski definition) is 1. The summed E-state index contributed by atoms with van der Waals surface area (Å²) in [5.74, 6) is -0.497. The first-order valence-corrected chi connectivity index (χ1v) is 5.01. The van der Waals surface area contributed by atoms with Crippen LogP contribution in [-0.4, -0.2) is 15.4 Å². The van der Waals surface area contributed by atoms with Crippen molar-refractivity contribution < 1.29 is 18.9 Å². The second-order valence-electron chi connectivity index (χ2n) is 3.47. The van der Waals surface area contributed by atoms with Crippen molar-refractivity contribution in [3.63, 3.8) is 0 Å². The molecule has 0 bridgehead atoms. The first-order valence-electron chi connectivity index (χ1n) is 5.01. The first kappa shape index (κ1) is 11.5. The van der Waals surface area contributed by atoms with E-state index in [-0.39, 0.29) is 19.0 Å². The van der Waals surface area contributed by atoms with Crippen LogP contribution in [0, 0.1) is 12.7 Å². The van der Waals surface area contributed by atoms with Gasteiger partial charge in [0.2, 0.25) is 0 Å². The van der Waals surface area contributed by atoms with Crippen LogP contribution in [0.5, 0.6) is 5.75 Å². The Balaban J connectivity index is 2.16. The van der Waals surface area contributed by atoms with Crippen molar-refractivity contribution in [3.05, 3.63) is 41.0 Å². The molecule has 0 saturated heterocycles. The Bertz CT molecular complexity index is 513. The van der Waals surface area contributed by atoms with E-state index in [0.717, 1.165) is 0 Å². The fourth-order valence-electron chi connectivity index (χ4n) is 1.36. The van der Waals surface area contributed by atoms with E-state index in [9.17, 15) is 4.39 Å². The molecular weight excluding hydrogens is 227 g/mol. The monoisotopic (exact) mass is 238 g/mol. The summed E-state index contributed by atoms with van der Waals surface area (Å²) in [7, 11) is 0. The molecule has 0 aliphatic carbocycles. The molecule has 1 N–H and O–H groups in total. The van der Waals surface area contributed by atoms with Crippen molar-refractivity contribution in [2.75, 3.05) is 0 Å². The van der Waals surface area contributed by atoms with Crippen LogP contribution in [0.4, 0.5) is 4.39 Å². The van der Waals surface area contributed by atoms with E-state index < -0.39 is 5.82 Å². The van der Waals surface area contributed by atoms with Crippen LogP contribution >= 0.6 is 0 Å². The molecule has 2 rings (SSSR count). The number of aliphatic hydroxyl groups is 1. The zero-order valence-electron chi connectivity index (χ0n) is 9.18. The number of aromatic nitrogens is 2. The second kappa shape index (κ2) is 4.92. The molecule has 0 spiro atoms. The van der Waals surface area contributed by atoms with Gasteiger partial charge < -0.3 is 9.84 Å². The summed E-state index contributed by atoms with van der Waals surface area (Å²) in [4.78, 5) is 0. The number of rotatable bonds is 4. The topological polar surface area (TPSA) is 68.4 Å². The molecule has 0 aliphatic rings. The summed E-state index contributed by atoms with van der Waals surface area (Å²) in [6, 6.07) is 4.37. The Labute approximate surface area is 96.8 Å². The molecular formula is C11H11FN2O3. The highest BCUT2D eigenvalue weighted by atomic mass is 19.1. The van der Waals surface area contributed by atoms with Gasteiger partial charge in [0.05, 0.1) is 6.61 Å². The van der Waals surface area contributed by atoms with Crippen molar-refractivity contribution >= 4 is 0 Å². The van der Waals surface area contributed by atoms with Crippen molar-refractivity contribution in [1.82, 2.24) is 10.3 Å². The second-order valence-corrected chi connectivity index (χ2v) is 3.47. The molecule has 1 heterocycles. The summed E-state index contributed by atoms with van der Waals surface area (Å²) in [5.41, 5.74) is 1.48. The molecule has 1 aromatic heterocycles. The lowest BCUT2D eigenvalue weighted by Crippen LogP contribution is -2.02. The molecule has 0 radical (unpaired) electrons. The van der Waals surface area contributed by atoms with E-state index >= 15 is 0 Å². The summed E-state index contributed by atoms with van der Waals surface area (Å²) in [6.07, 6.45) is 0. The minimum Gasteiger partial charge on any atom is -0.484 e. The average molecular weight is 238 g/mol. The van der Waals surface area contributed by atoms with Gasteiger partial charge in [-0.05, 0) is 13.0 Å². The number of aryl methyl sites for hydroxylation is 1. The van der Waals surface area contributed by atoms with Gasteiger partial charge in [-0.3, -0.25) is 0 Å². The standard InChI is InChI=1S/C11H11FN2O3/c1-7-10(14-17-13-7)6-16-11-8(5-15)3-2-4-9(11)12/h2-4,15H,5-6H2,1H3. The number of benzene rings is 1. The van der Waals surface area contributed by atoms with Gasteiger partial charge in [-0.1, -0.05) is 22.4 Å². The summed E-state index contributed by atoms with van der Waals surface area (Å²) in [6.45, 7) is 1.47. The van der Waals surface area contributed by atoms with E-state index in [0.29, 0.717) is 17.0 Å². The molecule has 0 saturated carbocycles. The zero-order valence-corrected chi connectivity index (χ0v) is 9.18. The van der Waals surface area contributed by atoms with E-state index in [1.165, 1.54) is 12.1 Å². The SMILES string of the molecule is Cc1nonc1COc1c(F)cccc1CO. The van der Waals surface area contributed by atoms with Gasteiger partial charge in [0.1, 0.15) is 18.0 Å². The molecule has 1 aromatic carbocycles. The van der Waals surface area contributed by atoms with Crippen molar-refractivity contribution in [2.45, 2.75) is 20.1 Å². The Morgan fingerprint density at radius 2 is 2.24 bits per heavy atom. The van der Waals surface area contributed by atoms with Gasteiger partial charge >= 0.3 is 0 Å². The molecule has 6 heteroatoms. The van der Waals surface area contributed by atoms with Crippen molar-refractivity contribution in [3.8, 4) is 5.75 Å². The predicted octanol–water partition coefficient (Wildman–Crippen LogP) is 1.59. The minimum atomic E-state index is -0.523. The van der Waals surface area contributed by atoms with Gasteiger partial charge in [0.25, 0.3) is 0 Å². The predicted molar refractivity (Wildman–Crippen MR) is 55.7 cm³/mol. The molecule has 17 heavy (non-hydrogen) atoms. The molecule has 5 nitrogen and oxygen atoms in total. The third kappa shape index (κ3) is 2.42. The van der Waals surface area contributed by atoms with Gasteiger partial charge in [-0.2, -0.15) is 0 Å². The number of nitrogens with zero attached hydrogens (tertiary/aromatic N) is 2. The lowest BCUT2D eigenvalue weighted by atomic mass is 10.2. The molecule has 90 valence electrons. The van der Waals surface area contributed by atoms with Crippen LogP contribution < -0.4 is 4.74 Å². The third-order valence-corrected chi connectivity index (χ3v) is 2.32. The van der Waals surface area contributed by atoms with Crippen LogP contribution in [0.1, 0.15) is 17.0 Å². The normalized spacial score (nSPS) is 10.5. The van der Waals surface area contributed by atoms with E-state index in [4.69, 9.17) is 9.84 Å². The smallest absolute Gasteiger partial charge is 0.165 e. The Morgan fingerprint density at radius 3 is 2.88 bits per heavy atom. The number of aliphatic hydroxyl groups excluding tert-OH is 1. The summed E-state index contributed by atoms with van der Waals surface area (Å²) >= 11 is 0. The summed E-state index contributed by atoms with van der Waals surface area (Å²) in [5, 5.41) is 16.3. The van der Waals surface area contributed by atoms with Crippen molar-refractivity contribution in [2.24, 2.45) is 0 Å². The first-order chi connectivity index (χ1) is 8.22. The molecule has 0 amide bonds. The van der Waals surface area contributed by atoms with Gasteiger partial charge in [-0.15, -0.1) is 0 Å². The van der Waals surface area contributed by atoms with Gasteiger partial charge in [0.15, 0.2) is 11.6 Å². The maximum Gasteiger partial charge on any atom is 0.165 e. The fourth-order valence-corrected chi connectivity index (χ4v) is 1.36. The highest BCUT2D eigenvalue weighted by Gasteiger charge is 2.12. The third-order valence-electron chi connectivity index (χ3n) is 2.32. The van der Waals surface area contributed by atoms with Crippen LogP contribution in [-0.2, 0) is 13.2 Å². The van der Waals surface area contributed by atoms with E-state index in [1.807, 2.05) is 0 Å². The number of para-hydroxylation sites is 1. The number of hydrogen-bond acceptors (Lipinski definition) is 5. The maximum atomic E-state index is 13.5. The Morgan fingerprint density at radius 1 is 1.41 bits per heavy atom. The van der Waals surface area contributed by atoms with E-state index in [1.54, 1.807) is 13.0 Å². The summed E-state index contributed by atoms with van der Waals surface area (Å²) < 4.78 is 23.3. The highest BCUT2D eigenvalue weighted by molar-refractivity contribution is 5.34. The van der Waals surface area contributed by atoms with Crippen molar-refractivity contribution in [1.29, 1.82) is 0 Å². The fraction of sp³-hybridized carbons (Fsp3) is 0.273. The minimum absolute atomic E-state index is 0.0254. The Kier molecular flexibility index (Phi) is 3.34.